The quantitative estimate of drug-likeness (QED) is 0.714. The summed E-state index contributed by atoms with van der Waals surface area (Å²) in [5.41, 5.74) is 0. The third-order valence-electron chi connectivity index (χ3n) is 3.09. The maximum absolute atomic E-state index is 11.7. The molecule has 3 atom stereocenters. The lowest BCUT2D eigenvalue weighted by atomic mass is 10.0. The van der Waals surface area contributed by atoms with Gasteiger partial charge in [-0.1, -0.05) is 34.6 Å². The first-order valence-corrected chi connectivity index (χ1v) is 6.81. The topological polar surface area (TPSA) is 61.8 Å². The van der Waals surface area contributed by atoms with Crippen LogP contribution in [-0.4, -0.2) is 37.4 Å². The summed E-state index contributed by atoms with van der Waals surface area (Å²) in [7, 11) is 0. The van der Waals surface area contributed by atoms with Crippen molar-refractivity contribution in [2.45, 2.75) is 46.8 Å². The largest absolute Gasteiger partial charge is 0.463 e. The Kier molecular flexibility index (Phi) is 5.79. The fourth-order valence-electron chi connectivity index (χ4n) is 1.77. The van der Waals surface area contributed by atoms with Crippen LogP contribution in [0.4, 0.5) is 0 Å². The SMILES string of the molecule is CC(C)C(=O)OCC1OCC(C)C1OC(=O)C(C)C. The van der Waals surface area contributed by atoms with E-state index in [4.69, 9.17) is 14.2 Å². The van der Waals surface area contributed by atoms with E-state index < -0.39 is 0 Å². The highest BCUT2D eigenvalue weighted by Crippen LogP contribution is 2.24. The molecule has 1 saturated heterocycles. The third kappa shape index (κ3) is 4.49. The van der Waals surface area contributed by atoms with Crippen molar-refractivity contribution >= 4 is 11.9 Å². The van der Waals surface area contributed by atoms with E-state index in [0.29, 0.717) is 6.61 Å². The zero-order valence-corrected chi connectivity index (χ0v) is 12.3. The van der Waals surface area contributed by atoms with Gasteiger partial charge in [-0.05, 0) is 0 Å². The number of rotatable bonds is 5. The fourth-order valence-corrected chi connectivity index (χ4v) is 1.77. The molecule has 1 aliphatic heterocycles. The summed E-state index contributed by atoms with van der Waals surface area (Å²) in [6, 6.07) is 0. The van der Waals surface area contributed by atoms with Gasteiger partial charge in [-0.25, -0.2) is 0 Å². The molecule has 0 aliphatic carbocycles. The van der Waals surface area contributed by atoms with Crippen molar-refractivity contribution < 1.29 is 23.8 Å². The summed E-state index contributed by atoms with van der Waals surface area (Å²) >= 11 is 0. The van der Waals surface area contributed by atoms with Gasteiger partial charge in [-0.3, -0.25) is 9.59 Å². The number of hydrogen-bond acceptors (Lipinski definition) is 5. The molecule has 1 fully saturated rings. The maximum Gasteiger partial charge on any atom is 0.308 e. The fraction of sp³-hybridized carbons (Fsp3) is 0.857. The predicted octanol–water partition coefficient (Wildman–Crippen LogP) is 1.79. The number of ether oxygens (including phenoxy) is 3. The minimum Gasteiger partial charge on any atom is -0.463 e. The second kappa shape index (κ2) is 6.89. The third-order valence-corrected chi connectivity index (χ3v) is 3.09. The van der Waals surface area contributed by atoms with Gasteiger partial charge in [-0.2, -0.15) is 0 Å². The van der Waals surface area contributed by atoms with E-state index in [-0.39, 0.29) is 48.5 Å². The molecular weight excluding hydrogens is 248 g/mol. The number of carbonyl (C=O) groups is 2. The molecule has 0 aromatic carbocycles. The zero-order chi connectivity index (χ0) is 14.6. The molecule has 0 saturated carbocycles. The Bertz CT molecular complexity index is 324. The van der Waals surface area contributed by atoms with E-state index in [1.54, 1.807) is 27.7 Å². The second-order valence-corrected chi connectivity index (χ2v) is 5.69. The van der Waals surface area contributed by atoms with Crippen molar-refractivity contribution in [1.29, 1.82) is 0 Å². The van der Waals surface area contributed by atoms with E-state index in [2.05, 4.69) is 0 Å². The summed E-state index contributed by atoms with van der Waals surface area (Å²) in [4.78, 5) is 23.1. The molecule has 0 aromatic heterocycles. The van der Waals surface area contributed by atoms with Crippen molar-refractivity contribution in [2.24, 2.45) is 17.8 Å². The highest BCUT2D eigenvalue weighted by molar-refractivity contribution is 5.72. The average molecular weight is 272 g/mol. The Labute approximate surface area is 114 Å². The summed E-state index contributed by atoms with van der Waals surface area (Å²) in [5.74, 6) is -0.743. The van der Waals surface area contributed by atoms with E-state index in [1.165, 1.54) is 0 Å². The molecule has 110 valence electrons. The monoisotopic (exact) mass is 272 g/mol. The molecule has 1 heterocycles. The lowest BCUT2D eigenvalue weighted by Crippen LogP contribution is -2.36. The second-order valence-electron chi connectivity index (χ2n) is 5.69. The van der Waals surface area contributed by atoms with E-state index >= 15 is 0 Å². The normalized spacial score (nSPS) is 26.8. The number of esters is 2. The minimum absolute atomic E-state index is 0.116. The van der Waals surface area contributed by atoms with Crippen LogP contribution in [0.3, 0.4) is 0 Å². The maximum atomic E-state index is 11.7. The lowest BCUT2D eigenvalue weighted by Gasteiger charge is -2.22. The van der Waals surface area contributed by atoms with Gasteiger partial charge in [0.25, 0.3) is 0 Å². The standard InChI is InChI=1S/C14H24O5/c1-8(2)13(15)18-7-11-12(10(5)6-17-11)19-14(16)9(3)4/h8-12H,6-7H2,1-5H3. The van der Waals surface area contributed by atoms with Crippen LogP contribution in [0, 0.1) is 17.8 Å². The van der Waals surface area contributed by atoms with Crippen LogP contribution >= 0.6 is 0 Å². The van der Waals surface area contributed by atoms with Gasteiger partial charge in [0.15, 0.2) is 0 Å². The van der Waals surface area contributed by atoms with Crippen molar-refractivity contribution in [2.75, 3.05) is 13.2 Å². The van der Waals surface area contributed by atoms with Gasteiger partial charge in [-0.15, -0.1) is 0 Å². The van der Waals surface area contributed by atoms with Crippen molar-refractivity contribution in [3.63, 3.8) is 0 Å². The van der Waals surface area contributed by atoms with E-state index in [9.17, 15) is 9.59 Å². The zero-order valence-electron chi connectivity index (χ0n) is 12.3. The van der Waals surface area contributed by atoms with Gasteiger partial charge in [0, 0.05) is 5.92 Å². The predicted molar refractivity (Wildman–Crippen MR) is 69.4 cm³/mol. The summed E-state index contributed by atoms with van der Waals surface area (Å²) in [6.45, 7) is 9.74. The van der Waals surface area contributed by atoms with Crippen molar-refractivity contribution in [3.05, 3.63) is 0 Å². The summed E-state index contributed by atoms with van der Waals surface area (Å²) < 4.78 is 16.1. The van der Waals surface area contributed by atoms with Gasteiger partial charge >= 0.3 is 11.9 Å². The van der Waals surface area contributed by atoms with Gasteiger partial charge in [0.1, 0.15) is 18.8 Å². The molecule has 1 rings (SSSR count). The number of carbonyl (C=O) groups excluding carboxylic acids is 2. The minimum atomic E-state index is -0.361. The smallest absolute Gasteiger partial charge is 0.308 e. The average Bonchev–Trinajstić information content (AvgIpc) is 2.67. The Hall–Kier alpha value is -1.10. The van der Waals surface area contributed by atoms with Crippen LogP contribution in [0.1, 0.15) is 34.6 Å². The molecule has 0 spiro atoms. The van der Waals surface area contributed by atoms with Crippen LogP contribution in [0.15, 0.2) is 0 Å². The highest BCUT2D eigenvalue weighted by Gasteiger charge is 2.38. The van der Waals surface area contributed by atoms with Crippen LogP contribution < -0.4 is 0 Å². The first kappa shape index (κ1) is 16.0. The molecule has 1 aliphatic rings. The molecule has 3 unspecified atom stereocenters. The molecule has 5 nitrogen and oxygen atoms in total. The van der Waals surface area contributed by atoms with Crippen LogP contribution in [0.5, 0.6) is 0 Å². The molecule has 0 aromatic rings. The van der Waals surface area contributed by atoms with Crippen molar-refractivity contribution in [1.82, 2.24) is 0 Å². The molecule has 5 heteroatoms. The molecule has 19 heavy (non-hydrogen) atoms. The van der Waals surface area contributed by atoms with Gasteiger partial charge in [0.05, 0.1) is 18.4 Å². The summed E-state index contributed by atoms with van der Waals surface area (Å²) in [5, 5.41) is 0. The van der Waals surface area contributed by atoms with Crippen LogP contribution in [0.2, 0.25) is 0 Å². The Morgan fingerprint density at radius 1 is 1.16 bits per heavy atom. The van der Waals surface area contributed by atoms with E-state index in [0.717, 1.165) is 0 Å². The van der Waals surface area contributed by atoms with Gasteiger partial charge < -0.3 is 14.2 Å². The molecule has 0 N–H and O–H groups in total. The molecular formula is C14H24O5. The van der Waals surface area contributed by atoms with Crippen molar-refractivity contribution in [3.8, 4) is 0 Å². The lowest BCUT2D eigenvalue weighted by molar-refractivity contribution is -0.162. The Morgan fingerprint density at radius 2 is 1.74 bits per heavy atom. The van der Waals surface area contributed by atoms with E-state index in [1.807, 2.05) is 6.92 Å². The van der Waals surface area contributed by atoms with Gasteiger partial charge in [0.2, 0.25) is 0 Å². The molecule has 0 amide bonds. The van der Waals surface area contributed by atoms with Crippen LogP contribution in [-0.2, 0) is 23.8 Å². The Morgan fingerprint density at radius 3 is 2.26 bits per heavy atom. The van der Waals surface area contributed by atoms with Crippen LogP contribution in [0.25, 0.3) is 0 Å². The first-order chi connectivity index (χ1) is 8.82. The highest BCUT2D eigenvalue weighted by atomic mass is 16.6. The Balaban J connectivity index is 2.52. The summed E-state index contributed by atoms with van der Waals surface area (Å²) in [6.07, 6.45) is -0.699. The molecule has 0 bridgehead atoms. The number of hydrogen-bond donors (Lipinski definition) is 0. The molecule has 0 radical (unpaired) electrons. The first-order valence-electron chi connectivity index (χ1n) is 6.81.